The van der Waals surface area contributed by atoms with Crippen LogP contribution >= 0.6 is 0 Å². The molecular weight excluding hydrogens is 506 g/mol. The molecule has 8 heteroatoms. The maximum Gasteiger partial charge on any atom is 0.419 e. The third-order valence-corrected chi connectivity index (χ3v) is 8.31. The molecule has 2 aliphatic rings. The van der Waals surface area contributed by atoms with Gasteiger partial charge in [0.1, 0.15) is 5.82 Å². The lowest BCUT2D eigenvalue weighted by atomic mass is 9.71. The van der Waals surface area contributed by atoms with E-state index in [1.165, 1.54) is 5.69 Å². The summed E-state index contributed by atoms with van der Waals surface area (Å²) in [5, 5.41) is 2.64. The van der Waals surface area contributed by atoms with E-state index in [-0.39, 0.29) is 5.54 Å². The molecule has 3 aromatic rings. The van der Waals surface area contributed by atoms with Crippen LogP contribution in [0.2, 0.25) is 0 Å². The van der Waals surface area contributed by atoms with Crippen molar-refractivity contribution in [1.29, 1.82) is 0 Å². The van der Waals surface area contributed by atoms with Gasteiger partial charge in [0.25, 0.3) is 5.91 Å². The minimum Gasteiger partial charge on any atom is -0.369 e. The van der Waals surface area contributed by atoms with Gasteiger partial charge >= 0.3 is 6.18 Å². The van der Waals surface area contributed by atoms with E-state index in [9.17, 15) is 22.4 Å². The molecule has 1 saturated carbocycles. The monoisotopic (exact) mass is 539 g/mol. The highest BCUT2D eigenvalue weighted by atomic mass is 19.4. The molecule has 39 heavy (non-hydrogen) atoms. The van der Waals surface area contributed by atoms with Crippen LogP contribution in [0.25, 0.3) is 0 Å². The second-order valence-corrected chi connectivity index (χ2v) is 10.7. The van der Waals surface area contributed by atoms with Crippen LogP contribution in [0.15, 0.2) is 72.8 Å². The molecule has 1 aliphatic heterocycles. The van der Waals surface area contributed by atoms with E-state index in [1.54, 1.807) is 6.07 Å². The summed E-state index contributed by atoms with van der Waals surface area (Å²) in [6.45, 7) is 5.89. The van der Waals surface area contributed by atoms with Crippen LogP contribution in [0, 0.1) is 11.7 Å². The number of carbonyl (C=O) groups is 1. The maximum atomic E-state index is 14.6. The molecule has 0 atom stereocenters. The fraction of sp³-hybridized carbons (Fsp3) is 0.387. The number of rotatable bonds is 5. The van der Waals surface area contributed by atoms with Crippen LogP contribution in [-0.2, 0) is 11.7 Å². The van der Waals surface area contributed by atoms with E-state index < -0.39 is 29.0 Å². The lowest BCUT2D eigenvalue weighted by Gasteiger charge is -2.51. The topological polar surface area (TPSA) is 35.6 Å². The third kappa shape index (κ3) is 5.66. The summed E-state index contributed by atoms with van der Waals surface area (Å²) in [6.07, 6.45) is -0.733. The van der Waals surface area contributed by atoms with E-state index in [0.29, 0.717) is 17.7 Å². The van der Waals surface area contributed by atoms with Gasteiger partial charge in [-0.2, -0.15) is 13.2 Å². The highest BCUT2D eigenvalue weighted by molar-refractivity contribution is 6.04. The van der Waals surface area contributed by atoms with E-state index in [4.69, 9.17) is 0 Å². The number of alkyl halides is 3. The minimum atomic E-state index is -4.88. The van der Waals surface area contributed by atoms with Crippen molar-refractivity contribution in [2.24, 2.45) is 5.92 Å². The second kappa shape index (κ2) is 11.0. The first-order valence-electron chi connectivity index (χ1n) is 13.5. The Bertz CT molecular complexity index is 1290. The molecule has 2 fully saturated rings. The van der Waals surface area contributed by atoms with Crippen LogP contribution in [0.1, 0.15) is 54.1 Å². The molecule has 0 aromatic heterocycles. The number of hydrogen-bond donors (Lipinski definition) is 1. The summed E-state index contributed by atoms with van der Waals surface area (Å²) >= 11 is 0. The Morgan fingerprint density at radius 2 is 1.56 bits per heavy atom. The minimum absolute atomic E-state index is 0.197. The van der Waals surface area contributed by atoms with Crippen LogP contribution in [0.5, 0.6) is 0 Å². The fourth-order valence-corrected chi connectivity index (χ4v) is 6.07. The summed E-state index contributed by atoms with van der Waals surface area (Å²) in [7, 11) is 0. The number of nitrogens with one attached hydrogen (secondary N) is 1. The van der Waals surface area contributed by atoms with Crippen LogP contribution in [0.3, 0.4) is 0 Å². The lowest BCUT2D eigenvalue weighted by molar-refractivity contribution is -0.140. The van der Waals surface area contributed by atoms with Crippen molar-refractivity contribution in [3.63, 3.8) is 0 Å². The van der Waals surface area contributed by atoms with Crippen molar-refractivity contribution in [3.05, 3.63) is 95.3 Å². The van der Waals surface area contributed by atoms with Gasteiger partial charge in [0.2, 0.25) is 0 Å². The number of para-hydroxylation sites is 1. The third-order valence-electron chi connectivity index (χ3n) is 8.31. The van der Waals surface area contributed by atoms with Gasteiger partial charge < -0.3 is 10.2 Å². The number of amides is 1. The molecule has 4 nitrogen and oxygen atoms in total. The summed E-state index contributed by atoms with van der Waals surface area (Å²) in [6, 6.07) is 20.7. The van der Waals surface area contributed by atoms with Gasteiger partial charge in [0.05, 0.1) is 11.1 Å². The zero-order valence-electron chi connectivity index (χ0n) is 22.0. The Morgan fingerprint density at radius 1 is 0.897 bits per heavy atom. The summed E-state index contributed by atoms with van der Waals surface area (Å²) in [5.41, 5.74) is 0.453. The molecule has 1 N–H and O–H groups in total. The highest BCUT2D eigenvalue weighted by Gasteiger charge is 2.42. The van der Waals surface area contributed by atoms with Crippen molar-refractivity contribution < 1.29 is 22.4 Å². The number of carbonyl (C=O) groups excluding carboxylic acids is 1. The summed E-state index contributed by atoms with van der Waals surface area (Å²) < 4.78 is 54.1. The molecule has 0 bridgehead atoms. The standard InChI is InChI=1S/C31H33F4N3O/c1-22-13-15-30(16-14-22,38-19-17-37(18-20-38)25-9-3-2-4-10-25)23-7-5-8-24(21-23)36-29(39)26-11-6-12-27(28(26)32)31(33,34)35/h2-12,21-22H,13-20H2,1H3,(H,36,39). The first kappa shape index (κ1) is 27.2. The Balaban J connectivity index is 1.38. The van der Waals surface area contributed by atoms with Crippen molar-refractivity contribution in [2.45, 2.75) is 44.3 Å². The predicted octanol–water partition coefficient (Wildman–Crippen LogP) is 7.32. The predicted molar refractivity (Wildman–Crippen MR) is 145 cm³/mol. The Hall–Kier alpha value is -3.39. The lowest BCUT2D eigenvalue weighted by Crippen LogP contribution is -2.56. The number of piperazine rings is 1. The summed E-state index contributed by atoms with van der Waals surface area (Å²) in [4.78, 5) is 17.8. The zero-order chi connectivity index (χ0) is 27.6. The first-order chi connectivity index (χ1) is 18.7. The molecule has 3 aromatic carbocycles. The van der Waals surface area contributed by atoms with Gasteiger partial charge in [-0.25, -0.2) is 4.39 Å². The number of benzene rings is 3. The first-order valence-corrected chi connectivity index (χ1v) is 13.5. The smallest absolute Gasteiger partial charge is 0.369 e. The average Bonchev–Trinajstić information content (AvgIpc) is 2.94. The molecule has 1 heterocycles. The normalized spacial score (nSPS) is 22.5. The molecule has 206 valence electrons. The van der Waals surface area contributed by atoms with Crippen molar-refractivity contribution >= 4 is 17.3 Å². The molecule has 1 aliphatic carbocycles. The van der Waals surface area contributed by atoms with Crippen LogP contribution in [0.4, 0.5) is 28.9 Å². The molecule has 1 amide bonds. The van der Waals surface area contributed by atoms with E-state index in [0.717, 1.165) is 69.6 Å². The molecule has 1 saturated heterocycles. The van der Waals surface area contributed by atoms with Gasteiger partial charge in [0, 0.05) is 43.1 Å². The van der Waals surface area contributed by atoms with Crippen LogP contribution < -0.4 is 10.2 Å². The van der Waals surface area contributed by atoms with Gasteiger partial charge in [-0.3, -0.25) is 9.69 Å². The van der Waals surface area contributed by atoms with E-state index >= 15 is 0 Å². The van der Waals surface area contributed by atoms with Gasteiger partial charge in [-0.15, -0.1) is 0 Å². The Labute approximate surface area is 226 Å². The highest BCUT2D eigenvalue weighted by Crippen LogP contribution is 2.45. The van der Waals surface area contributed by atoms with Crippen molar-refractivity contribution in [1.82, 2.24) is 4.90 Å². The number of halogens is 4. The molecule has 0 spiro atoms. The van der Waals surface area contributed by atoms with E-state index in [1.807, 2.05) is 18.2 Å². The maximum absolute atomic E-state index is 14.6. The Morgan fingerprint density at radius 3 is 2.23 bits per heavy atom. The second-order valence-electron chi connectivity index (χ2n) is 10.7. The van der Waals surface area contributed by atoms with Crippen molar-refractivity contribution in [2.75, 3.05) is 36.4 Å². The number of nitrogens with zero attached hydrogens (tertiary/aromatic N) is 2. The largest absolute Gasteiger partial charge is 0.419 e. The van der Waals surface area contributed by atoms with Gasteiger partial charge in [0.15, 0.2) is 0 Å². The number of hydrogen-bond acceptors (Lipinski definition) is 3. The van der Waals surface area contributed by atoms with Gasteiger partial charge in [-0.1, -0.05) is 43.3 Å². The average molecular weight is 540 g/mol. The van der Waals surface area contributed by atoms with Gasteiger partial charge in [-0.05, 0) is 73.6 Å². The van der Waals surface area contributed by atoms with Crippen LogP contribution in [-0.4, -0.2) is 37.0 Å². The van der Waals surface area contributed by atoms with E-state index in [2.05, 4.69) is 52.4 Å². The molecule has 5 rings (SSSR count). The molecular formula is C31H33F4N3O. The zero-order valence-corrected chi connectivity index (χ0v) is 22.0. The van der Waals surface area contributed by atoms with Crippen molar-refractivity contribution in [3.8, 4) is 0 Å². The molecule has 0 radical (unpaired) electrons. The SMILES string of the molecule is CC1CCC(c2cccc(NC(=O)c3cccc(C(F)(F)F)c3F)c2)(N2CCN(c3ccccc3)CC2)CC1. The summed E-state index contributed by atoms with van der Waals surface area (Å²) in [5.74, 6) is -1.83. The fourth-order valence-electron chi connectivity index (χ4n) is 6.07. The quantitative estimate of drug-likeness (QED) is 0.345. The Kier molecular flexibility index (Phi) is 7.67. The molecule has 0 unspecified atom stereocenters. The number of anilines is 2.